The zero-order chi connectivity index (χ0) is 14.3. The summed E-state index contributed by atoms with van der Waals surface area (Å²) >= 11 is 0. The summed E-state index contributed by atoms with van der Waals surface area (Å²) in [6.07, 6.45) is 0.549. The van der Waals surface area contributed by atoms with Crippen LogP contribution < -0.4 is 10.1 Å². The molecule has 0 amide bonds. The van der Waals surface area contributed by atoms with Crippen molar-refractivity contribution in [2.45, 2.75) is 40.2 Å². The third kappa shape index (κ3) is 7.19. The Kier molecular flexibility index (Phi) is 6.32. The van der Waals surface area contributed by atoms with Crippen LogP contribution in [0.1, 0.15) is 33.3 Å². The van der Waals surface area contributed by atoms with E-state index < -0.39 is 6.10 Å². The monoisotopic (exact) mass is 265 g/mol. The van der Waals surface area contributed by atoms with Gasteiger partial charge in [0.05, 0.1) is 0 Å². The van der Waals surface area contributed by atoms with Gasteiger partial charge in [-0.05, 0) is 29.5 Å². The molecule has 108 valence electrons. The van der Waals surface area contributed by atoms with Crippen molar-refractivity contribution in [2.24, 2.45) is 5.41 Å². The van der Waals surface area contributed by atoms with E-state index in [9.17, 15) is 5.11 Å². The zero-order valence-corrected chi connectivity index (χ0v) is 12.6. The summed E-state index contributed by atoms with van der Waals surface area (Å²) < 4.78 is 5.56. The number of benzene rings is 1. The molecule has 1 aromatic rings. The minimum absolute atomic E-state index is 0.233. The van der Waals surface area contributed by atoms with Crippen LogP contribution in [0.5, 0.6) is 5.75 Å². The number of aryl methyl sites for hydroxylation is 1. The van der Waals surface area contributed by atoms with Crippen molar-refractivity contribution in [3.63, 3.8) is 0 Å². The Balaban J connectivity index is 2.23. The second-order valence-electron chi connectivity index (χ2n) is 6.15. The van der Waals surface area contributed by atoms with Gasteiger partial charge in [0.1, 0.15) is 18.5 Å². The van der Waals surface area contributed by atoms with Gasteiger partial charge in [0.25, 0.3) is 0 Å². The highest BCUT2D eigenvalue weighted by Crippen LogP contribution is 2.13. The molecule has 0 aliphatic rings. The average Bonchev–Trinajstić information content (AvgIpc) is 2.35. The summed E-state index contributed by atoms with van der Waals surface area (Å²) in [6.45, 7) is 10.4. The van der Waals surface area contributed by atoms with Crippen LogP contribution in [0.4, 0.5) is 0 Å². The number of nitrogens with one attached hydrogen (secondary N) is 1. The maximum Gasteiger partial charge on any atom is 0.119 e. The predicted octanol–water partition coefficient (Wildman–Crippen LogP) is 2.62. The number of ether oxygens (including phenoxy) is 1. The molecular weight excluding hydrogens is 238 g/mol. The highest BCUT2D eigenvalue weighted by molar-refractivity contribution is 5.27. The van der Waals surface area contributed by atoms with Gasteiger partial charge in [0.2, 0.25) is 0 Å². The van der Waals surface area contributed by atoms with Crippen molar-refractivity contribution >= 4 is 0 Å². The highest BCUT2D eigenvalue weighted by Gasteiger charge is 2.11. The molecule has 2 N–H and O–H groups in total. The van der Waals surface area contributed by atoms with E-state index in [2.05, 4.69) is 45.1 Å². The first-order valence-corrected chi connectivity index (χ1v) is 7.01. The lowest BCUT2D eigenvalue weighted by atomic mass is 9.97. The van der Waals surface area contributed by atoms with Gasteiger partial charge in [-0.1, -0.05) is 39.8 Å². The van der Waals surface area contributed by atoms with Gasteiger partial charge in [-0.25, -0.2) is 0 Å². The van der Waals surface area contributed by atoms with E-state index in [4.69, 9.17) is 4.74 Å². The van der Waals surface area contributed by atoms with E-state index in [0.717, 1.165) is 18.7 Å². The Morgan fingerprint density at radius 2 is 1.84 bits per heavy atom. The number of aliphatic hydroxyl groups is 1. The molecule has 0 heterocycles. The summed E-state index contributed by atoms with van der Waals surface area (Å²) in [4.78, 5) is 0. The lowest BCUT2D eigenvalue weighted by Crippen LogP contribution is -2.36. The molecule has 0 saturated heterocycles. The van der Waals surface area contributed by atoms with E-state index in [1.165, 1.54) is 5.56 Å². The molecule has 0 aliphatic carbocycles. The summed E-state index contributed by atoms with van der Waals surface area (Å²) in [6, 6.07) is 8.02. The van der Waals surface area contributed by atoms with Crippen molar-refractivity contribution in [3.8, 4) is 5.75 Å². The van der Waals surface area contributed by atoms with E-state index in [-0.39, 0.29) is 5.41 Å². The Labute approximate surface area is 117 Å². The van der Waals surface area contributed by atoms with E-state index >= 15 is 0 Å². The third-order valence-electron chi connectivity index (χ3n) is 2.81. The van der Waals surface area contributed by atoms with Gasteiger partial charge in [-0.3, -0.25) is 0 Å². The first-order valence-electron chi connectivity index (χ1n) is 7.01. The third-order valence-corrected chi connectivity index (χ3v) is 2.81. The van der Waals surface area contributed by atoms with Crippen molar-refractivity contribution in [1.82, 2.24) is 5.32 Å². The molecular formula is C16H27NO2. The Morgan fingerprint density at radius 3 is 2.37 bits per heavy atom. The van der Waals surface area contributed by atoms with E-state index in [0.29, 0.717) is 13.2 Å². The molecule has 0 aliphatic heterocycles. The van der Waals surface area contributed by atoms with Crippen LogP contribution in [-0.2, 0) is 6.42 Å². The van der Waals surface area contributed by atoms with E-state index in [1.807, 2.05) is 12.1 Å². The minimum atomic E-state index is -0.479. The second-order valence-corrected chi connectivity index (χ2v) is 6.15. The molecule has 0 spiro atoms. The standard InChI is InChI=1S/C16H27NO2/c1-5-13-6-8-15(9-7-13)19-11-14(18)10-17-12-16(2,3)4/h6-9,14,17-18H,5,10-12H2,1-4H3. The molecule has 0 radical (unpaired) electrons. The molecule has 1 aromatic carbocycles. The van der Waals surface area contributed by atoms with Crippen LogP contribution in [-0.4, -0.2) is 30.9 Å². The maximum absolute atomic E-state index is 9.82. The van der Waals surface area contributed by atoms with Crippen LogP contribution in [0.3, 0.4) is 0 Å². The van der Waals surface area contributed by atoms with Crippen molar-refractivity contribution in [3.05, 3.63) is 29.8 Å². The van der Waals surface area contributed by atoms with Gasteiger partial charge < -0.3 is 15.2 Å². The summed E-state index contributed by atoms with van der Waals surface area (Å²) in [5.74, 6) is 0.812. The fraction of sp³-hybridized carbons (Fsp3) is 0.625. The minimum Gasteiger partial charge on any atom is -0.491 e. The zero-order valence-electron chi connectivity index (χ0n) is 12.6. The Morgan fingerprint density at radius 1 is 1.21 bits per heavy atom. The average molecular weight is 265 g/mol. The Bertz CT molecular complexity index is 354. The maximum atomic E-state index is 9.82. The van der Waals surface area contributed by atoms with E-state index in [1.54, 1.807) is 0 Å². The topological polar surface area (TPSA) is 41.5 Å². The van der Waals surface area contributed by atoms with Crippen LogP contribution in [0.2, 0.25) is 0 Å². The van der Waals surface area contributed by atoms with Gasteiger partial charge >= 0.3 is 0 Å². The largest absolute Gasteiger partial charge is 0.491 e. The van der Waals surface area contributed by atoms with Crippen molar-refractivity contribution in [2.75, 3.05) is 19.7 Å². The molecule has 1 unspecified atom stereocenters. The predicted molar refractivity (Wildman–Crippen MR) is 79.6 cm³/mol. The van der Waals surface area contributed by atoms with Crippen molar-refractivity contribution < 1.29 is 9.84 Å². The molecule has 1 rings (SSSR count). The summed E-state index contributed by atoms with van der Waals surface area (Å²) in [5.41, 5.74) is 1.52. The highest BCUT2D eigenvalue weighted by atomic mass is 16.5. The molecule has 3 nitrogen and oxygen atoms in total. The first kappa shape index (κ1) is 16.0. The molecule has 19 heavy (non-hydrogen) atoms. The molecule has 0 fully saturated rings. The normalized spacial score (nSPS) is 13.3. The van der Waals surface area contributed by atoms with Gasteiger partial charge in [-0.2, -0.15) is 0 Å². The molecule has 1 atom stereocenters. The number of hydrogen-bond acceptors (Lipinski definition) is 3. The lowest BCUT2D eigenvalue weighted by Gasteiger charge is -2.20. The van der Waals surface area contributed by atoms with Gasteiger partial charge in [0, 0.05) is 13.1 Å². The van der Waals surface area contributed by atoms with Gasteiger partial charge in [0.15, 0.2) is 0 Å². The summed E-state index contributed by atoms with van der Waals surface area (Å²) in [7, 11) is 0. The van der Waals surface area contributed by atoms with Crippen LogP contribution in [0.25, 0.3) is 0 Å². The molecule has 0 saturated carbocycles. The number of rotatable bonds is 7. The number of aliphatic hydroxyl groups excluding tert-OH is 1. The quantitative estimate of drug-likeness (QED) is 0.796. The summed E-state index contributed by atoms with van der Waals surface area (Å²) in [5, 5.41) is 13.1. The fourth-order valence-corrected chi connectivity index (χ4v) is 1.69. The fourth-order valence-electron chi connectivity index (χ4n) is 1.69. The van der Waals surface area contributed by atoms with Gasteiger partial charge in [-0.15, -0.1) is 0 Å². The van der Waals surface area contributed by atoms with Crippen LogP contribution in [0, 0.1) is 5.41 Å². The lowest BCUT2D eigenvalue weighted by molar-refractivity contribution is 0.104. The second kappa shape index (κ2) is 7.51. The molecule has 3 heteroatoms. The van der Waals surface area contributed by atoms with Crippen LogP contribution in [0.15, 0.2) is 24.3 Å². The van der Waals surface area contributed by atoms with Crippen molar-refractivity contribution in [1.29, 1.82) is 0 Å². The first-order chi connectivity index (χ1) is 8.90. The smallest absolute Gasteiger partial charge is 0.119 e. The number of hydrogen-bond donors (Lipinski definition) is 2. The molecule has 0 bridgehead atoms. The molecule has 0 aromatic heterocycles. The Hall–Kier alpha value is -1.06. The van der Waals surface area contributed by atoms with Crippen LogP contribution >= 0.6 is 0 Å². The SMILES string of the molecule is CCc1ccc(OCC(O)CNCC(C)(C)C)cc1.